The predicted octanol–water partition coefficient (Wildman–Crippen LogP) is 1.93. The Labute approximate surface area is 147 Å². The van der Waals surface area contributed by atoms with Gasteiger partial charge in [0.1, 0.15) is 0 Å². The van der Waals surface area contributed by atoms with E-state index in [0.717, 1.165) is 18.5 Å². The lowest BCUT2D eigenvalue weighted by atomic mass is 9.96. The highest BCUT2D eigenvalue weighted by molar-refractivity contribution is 7.89. The fourth-order valence-corrected chi connectivity index (χ4v) is 4.28. The normalized spacial score (nSPS) is 19.1. The molecular weight excluding hydrogens is 340 g/mol. The largest absolute Gasteiger partial charge is 0.307 e. The number of piperidine rings is 1. The van der Waals surface area contributed by atoms with Gasteiger partial charge in [-0.25, -0.2) is 27.7 Å². The molecule has 2 aromatic heterocycles. The van der Waals surface area contributed by atoms with Crippen molar-refractivity contribution in [2.24, 2.45) is 0 Å². The average molecular weight is 362 g/mol. The maximum atomic E-state index is 12.5. The number of anilines is 2. The summed E-state index contributed by atoms with van der Waals surface area (Å²) < 4.78 is 26.6. The minimum absolute atomic E-state index is 0.0119. The molecule has 2 aromatic rings. The van der Waals surface area contributed by atoms with Gasteiger partial charge in [-0.15, -0.1) is 0 Å². The van der Waals surface area contributed by atoms with Gasteiger partial charge in [-0.2, -0.15) is 0 Å². The number of sulfonamides is 1. The molecule has 3 heterocycles. The van der Waals surface area contributed by atoms with E-state index in [2.05, 4.69) is 25.3 Å². The maximum Gasteiger partial charge on any atom is 0.228 e. The zero-order chi connectivity index (χ0) is 17.9. The SMILES string of the molecule is CC(C)S(=O)(=O)N1CCCC(c2nccnc2Nc2ncccn2)C1. The quantitative estimate of drug-likeness (QED) is 0.867. The molecule has 0 radical (unpaired) electrons. The summed E-state index contributed by atoms with van der Waals surface area (Å²) in [5.41, 5.74) is 0.749. The smallest absolute Gasteiger partial charge is 0.228 e. The molecule has 1 aliphatic heterocycles. The molecule has 8 nitrogen and oxygen atoms in total. The first-order valence-corrected chi connectivity index (χ1v) is 9.82. The van der Waals surface area contributed by atoms with Crippen LogP contribution in [0.1, 0.15) is 38.3 Å². The lowest BCUT2D eigenvalue weighted by molar-refractivity contribution is 0.310. The molecule has 0 aromatic carbocycles. The summed E-state index contributed by atoms with van der Waals surface area (Å²) in [6.45, 7) is 4.40. The summed E-state index contributed by atoms with van der Waals surface area (Å²) in [7, 11) is -3.27. The van der Waals surface area contributed by atoms with Gasteiger partial charge in [0.15, 0.2) is 5.82 Å². The molecule has 0 spiro atoms. The number of aromatic nitrogens is 4. The van der Waals surface area contributed by atoms with Crippen LogP contribution in [-0.2, 0) is 10.0 Å². The third-order valence-corrected chi connectivity index (χ3v) is 6.49. The van der Waals surface area contributed by atoms with Gasteiger partial charge in [-0.1, -0.05) is 0 Å². The Kier molecular flexibility index (Phi) is 5.24. The Morgan fingerprint density at radius 2 is 1.84 bits per heavy atom. The molecule has 1 N–H and O–H groups in total. The van der Waals surface area contributed by atoms with E-state index in [4.69, 9.17) is 0 Å². The zero-order valence-corrected chi connectivity index (χ0v) is 15.1. The first-order chi connectivity index (χ1) is 12.0. The molecule has 0 amide bonds. The fraction of sp³-hybridized carbons (Fsp3) is 0.500. The van der Waals surface area contributed by atoms with Crippen LogP contribution < -0.4 is 5.32 Å². The van der Waals surface area contributed by atoms with Gasteiger partial charge in [0.25, 0.3) is 0 Å². The van der Waals surface area contributed by atoms with Crippen molar-refractivity contribution in [1.29, 1.82) is 0 Å². The van der Waals surface area contributed by atoms with Gasteiger partial charge in [0.05, 0.1) is 10.9 Å². The van der Waals surface area contributed by atoms with Gasteiger partial charge in [-0.3, -0.25) is 4.98 Å². The first-order valence-electron chi connectivity index (χ1n) is 8.32. The van der Waals surface area contributed by atoms with Crippen molar-refractivity contribution in [2.45, 2.75) is 37.9 Å². The highest BCUT2D eigenvalue weighted by Gasteiger charge is 2.33. The summed E-state index contributed by atoms with van der Waals surface area (Å²) in [6.07, 6.45) is 8.18. The molecule has 3 rings (SSSR count). The van der Waals surface area contributed by atoms with Gasteiger partial charge in [0, 0.05) is 43.8 Å². The number of nitrogens with zero attached hydrogens (tertiary/aromatic N) is 5. The van der Waals surface area contributed by atoms with Gasteiger partial charge >= 0.3 is 0 Å². The second-order valence-electron chi connectivity index (χ2n) is 6.28. The highest BCUT2D eigenvalue weighted by Crippen LogP contribution is 2.31. The van der Waals surface area contributed by atoms with Crippen molar-refractivity contribution in [3.8, 4) is 0 Å². The molecule has 1 unspecified atom stereocenters. The van der Waals surface area contributed by atoms with E-state index in [9.17, 15) is 8.42 Å². The number of rotatable bonds is 5. The summed E-state index contributed by atoms with van der Waals surface area (Å²) in [5, 5.41) is 2.65. The summed E-state index contributed by atoms with van der Waals surface area (Å²) in [5.74, 6) is 0.997. The molecule has 0 aliphatic carbocycles. The van der Waals surface area contributed by atoms with Crippen LogP contribution in [0.4, 0.5) is 11.8 Å². The summed E-state index contributed by atoms with van der Waals surface area (Å²) in [4.78, 5) is 17.1. The van der Waals surface area contributed by atoms with E-state index in [1.165, 1.54) is 0 Å². The van der Waals surface area contributed by atoms with E-state index in [-0.39, 0.29) is 5.92 Å². The molecule has 1 aliphatic rings. The van der Waals surface area contributed by atoms with Crippen LogP contribution in [0.3, 0.4) is 0 Å². The average Bonchev–Trinajstić information content (AvgIpc) is 2.63. The number of hydrogen-bond donors (Lipinski definition) is 1. The lowest BCUT2D eigenvalue weighted by Gasteiger charge is -2.33. The number of nitrogens with one attached hydrogen (secondary N) is 1. The van der Waals surface area contributed by atoms with Crippen LogP contribution >= 0.6 is 0 Å². The van der Waals surface area contributed by atoms with Crippen molar-refractivity contribution in [2.75, 3.05) is 18.4 Å². The van der Waals surface area contributed by atoms with Crippen LogP contribution in [0.25, 0.3) is 0 Å². The van der Waals surface area contributed by atoms with Gasteiger partial charge in [-0.05, 0) is 32.8 Å². The molecule has 0 bridgehead atoms. The van der Waals surface area contributed by atoms with Crippen molar-refractivity contribution in [3.63, 3.8) is 0 Å². The topological polar surface area (TPSA) is 101 Å². The molecule has 9 heteroatoms. The van der Waals surface area contributed by atoms with E-state index in [1.807, 2.05) is 0 Å². The van der Waals surface area contributed by atoms with Crippen molar-refractivity contribution in [1.82, 2.24) is 24.2 Å². The Morgan fingerprint density at radius 3 is 2.56 bits per heavy atom. The molecule has 1 saturated heterocycles. The van der Waals surface area contributed by atoms with E-state index in [1.54, 1.807) is 49.0 Å². The minimum atomic E-state index is -3.27. The monoisotopic (exact) mass is 362 g/mol. The van der Waals surface area contributed by atoms with E-state index < -0.39 is 15.3 Å². The summed E-state index contributed by atoms with van der Waals surface area (Å²) in [6, 6.07) is 1.73. The molecule has 1 fully saturated rings. The molecule has 0 saturated carbocycles. The second-order valence-corrected chi connectivity index (χ2v) is 8.77. The van der Waals surface area contributed by atoms with Crippen molar-refractivity contribution < 1.29 is 8.42 Å². The van der Waals surface area contributed by atoms with Crippen LogP contribution in [-0.4, -0.2) is 51.0 Å². The van der Waals surface area contributed by atoms with Crippen LogP contribution in [0.5, 0.6) is 0 Å². The van der Waals surface area contributed by atoms with Crippen LogP contribution in [0.2, 0.25) is 0 Å². The second kappa shape index (κ2) is 7.40. The Balaban J connectivity index is 1.84. The highest BCUT2D eigenvalue weighted by atomic mass is 32.2. The van der Waals surface area contributed by atoms with E-state index in [0.29, 0.717) is 24.9 Å². The first kappa shape index (κ1) is 17.7. The van der Waals surface area contributed by atoms with E-state index >= 15 is 0 Å². The fourth-order valence-electron chi connectivity index (χ4n) is 2.91. The molecule has 134 valence electrons. The van der Waals surface area contributed by atoms with Crippen molar-refractivity contribution in [3.05, 3.63) is 36.5 Å². The molecule has 25 heavy (non-hydrogen) atoms. The van der Waals surface area contributed by atoms with Gasteiger partial charge in [0.2, 0.25) is 16.0 Å². The Hall–Kier alpha value is -2.13. The third kappa shape index (κ3) is 3.93. The molecular formula is C16H22N6O2S. The van der Waals surface area contributed by atoms with Crippen molar-refractivity contribution >= 4 is 21.8 Å². The summed E-state index contributed by atoms with van der Waals surface area (Å²) >= 11 is 0. The third-order valence-electron chi connectivity index (χ3n) is 4.25. The molecule has 1 atom stereocenters. The van der Waals surface area contributed by atoms with Crippen LogP contribution in [0.15, 0.2) is 30.9 Å². The van der Waals surface area contributed by atoms with Crippen LogP contribution in [0, 0.1) is 0 Å². The number of hydrogen-bond acceptors (Lipinski definition) is 7. The Morgan fingerprint density at radius 1 is 1.12 bits per heavy atom. The minimum Gasteiger partial charge on any atom is -0.307 e. The predicted molar refractivity (Wildman–Crippen MR) is 95.0 cm³/mol. The van der Waals surface area contributed by atoms with Gasteiger partial charge < -0.3 is 5.32 Å². The maximum absolute atomic E-state index is 12.5. The Bertz CT molecular complexity index is 812. The lowest BCUT2D eigenvalue weighted by Crippen LogP contribution is -2.42. The zero-order valence-electron chi connectivity index (χ0n) is 14.3. The standard InChI is InChI=1S/C16H22N6O2S/c1-12(2)25(23,24)22-10-3-5-13(11-22)14-15(18-9-8-17-14)21-16-19-6-4-7-20-16/h4,6-9,12-13H,3,5,10-11H2,1-2H3,(H,18,19,20,21).